The SMILES string of the molecule is CCCNC(=O)C1COCCN1C(=O)[C@H](N)C(C)C. The standard InChI is InChI=1S/C13H25N3O3/c1-4-5-15-12(17)10-8-19-7-6-16(10)13(18)11(14)9(2)3/h9-11H,4-8,14H2,1-3H3,(H,15,17)/t10?,11-/m1/s1. The number of morpholine rings is 1. The lowest BCUT2D eigenvalue weighted by molar-refractivity contribution is -0.150. The number of carbonyl (C=O) groups excluding carboxylic acids is 2. The summed E-state index contributed by atoms with van der Waals surface area (Å²) in [5.74, 6) is -0.282. The molecule has 3 N–H and O–H groups in total. The minimum absolute atomic E-state index is 0.0506. The van der Waals surface area contributed by atoms with E-state index >= 15 is 0 Å². The van der Waals surface area contributed by atoms with Crippen LogP contribution in [-0.2, 0) is 14.3 Å². The van der Waals surface area contributed by atoms with Gasteiger partial charge in [0.25, 0.3) is 0 Å². The fourth-order valence-corrected chi connectivity index (χ4v) is 1.93. The zero-order valence-corrected chi connectivity index (χ0v) is 12.0. The number of carbonyl (C=O) groups is 2. The fraction of sp³-hybridized carbons (Fsp3) is 0.846. The molecule has 0 aliphatic carbocycles. The number of ether oxygens (including phenoxy) is 1. The second-order valence-electron chi connectivity index (χ2n) is 5.18. The van der Waals surface area contributed by atoms with Crippen LogP contribution in [0.3, 0.4) is 0 Å². The van der Waals surface area contributed by atoms with Crippen molar-refractivity contribution < 1.29 is 14.3 Å². The molecule has 0 radical (unpaired) electrons. The van der Waals surface area contributed by atoms with Gasteiger partial charge < -0.3 is 20.7 Å². The molecule has 6 nitrogen and oxygen atoms in total. The Hall–Kier alpha value is -1.14. The molecule has 0 aromatic carbocycles. The molecule has 110 valence electrons. The normalized spacial score (nSPS) is 21.3. The van der Waals surface area contributed by atoms with Crippen molar-refractivity contribution in [1.29, 1.82) is 0 Å². The highest BCUT2D eigenvalue weighted by atomic mass is 16.5. The summed E-state index contributed by atoms with van der Waals surface area (Å²) in [7, 11) is 0. The highest BCUT2D eigenvalue weighted by Crippen LogP contribution is 2.12. The molecule has 1 aliphatic rings. The lowest BCUT2D eigenvalue weighted by atomic mass is 10.0. The largest absolute Gasteiger partial charge is 0.377 e. The van der Waals surface area contributed by atoms with E-state index in [1.165, 1.54) is 0 Å². The van der Waals surface area contributed by atoms with Gasteiger partial charge in [-0.2, -0.15) is 0 Å². The summed E-state index contributed by atoms with van der Waals surface area (Å²) in [5, 5.41) is 2.80. The van der Waals surface area contributed by atoms with E-state index in [0.29, 0.717) is 19.7 Å². The van der Waals surface area contributed by atoms with E-state index in [0.717, 1.165) is 6.42 Å². The molecule has 1 fully saturated rings. The number of amides is 2. The second kappa shape index (κ2) is 7.45. The highest BCUT2D eigenvalue weighted by Gasteiger charge is 2.35. The minimum Gasteiger partial charge on any atom is -0.377 e. The molecule has 0 spiro atoms. The number of hydrogen-bond acceptors (Lipinski definition) is 4. The van der Waals surface area contributed by atoms with Crippen molar-refractivity contribution in [3.05, 3.63) is 0 Å². The van der Waals surface area contributed by atoms with Crippen LogP contribution < -0.4 is 11.1 Å². The van der Waals surface area contributed by atoms with Gasteiger partial charge in [0.05, 0.1) is 19.3 Å². The molecule has 0 aromatic rings. The Balaban J connectivity index is 2.71. The highest BCUT2D eigenvalue weighted by molar-refractivity contribution is 5.90. The summed E-state index contributed by atoms with van der Waals surface area (Å²) < 4.78 is 5.31. The smallest absolute Gasteiger partial charge is 0.245 e. The van der Waals surface area contributed by atoms with E-state index in [2.05, 4.69) is 5.32 Å². The van der Waals surface area contributed by atoms with E-state index in [4.69, 9.17) is 10.5 Å². The third-order valence-electron chi connectivity index (χ3n) is 3.27. The van der Waals surface area contributed by atoms with Crippen molar-refractivity contribution in [2.45, 2.75) is 39.3 Å². The Morgan fingerprint density at radius 2 is 2.16 bits per heavy atom. The zero-order chi connectivity index (χ0) is 14.4. The number of nitrogens with zero attached hydrogens (tertiary/aromatic N) is 1. The average molecular weight is 271 g/mol. The molecule has 19 heavy (non-hydrogen) atoms. The first-order valence-corrected chi connectivity index (χ1v) is 6.90. The molecule has 1 saturated heterocycles. The molecule has 1 heterocycles. The summed E-state index contributed by atoms with van der Waals surface area (Å²) in [6.45, 7) is 7.50. The number of rotatable bonds is 5. The Labute approximate surface area is 114 Å². The van der Waals surface area contributed by atoms with E-state index in [9.17, 15) is 9.59 Å². The van der Waals surface area contributed by atoms with E-state index in [1.807, 2.05) is 20.8 Å². The maximum atomic E-state index is 12.3. The van der Waals surface area contributed by atoms with Gasteiger partial charge in [-0.25, -0.2) is 0 Å². The van der Waals surface area contributed by atoms with Gasteiger partial charge in [-0.15, -0.1) is 0 Å². The number of nitrogens with one attached hydrogen (secondary N) is 1. The first kappa shape index (κ1) is 15.9. The molecule has 1 unspecified atom stereocenters. The molecule has 0 bridgehead atoms. The summed E-state index contributed by atoms with van der Waals surface area (Å²) in [5.41, 5.74) is 5.89. The van der Waals surface area contributed by atoms with Gasteiger partial charge in [0, 0.05) is 13.1 Å². The second-order valence-corrected chi connectivity index (χ2v) is 5.18. The Kier molecular flexibility index (Phi) is 6.24. The molecule has 1 rings (SSSR count). The molecule has 0 aromatic heterocycles. The number of hydrogen-bond donors (Lipinski definition) is 2. The number of nitrogens with two attached hydrogens (primary N) is 1. The van der Waals surface area contributed by atoms with Crippen molar-refractivity contribution in [3.63, 3.8) is 0 Å². The van der Waals surface area contributed by atoms with Gasteiger partial charge in [-0.05, 0) is 12.3 Å². The lowest BCUT2D eigenvalue weighted by Crippen LogP contribution is -2.60. The quantitative estimate of drug-likeness (QED) is 0.720. The maximum absolute atomic E-state index is 12.3. The van der Waals surface area contributed by atoms with E-state index in [1.54, 1.807) is 4.90 Å². The van der Waals surface area contributed by atoms with Crippen LogP contribution >= 0.6 is 0 Å². The van der Waals surface area contributed by atoms with Crippen LogP contribution in [0.15, 0.2) is 0 Å². The Morgan fingerprint density at radius 1 is 1.47 bits per heavy atom. The van der Waals surface area contributed by atoms with Crippen molar-refractivity contribution in [2.24, 2.45) is 11.7 Å². The van der Waals surface area contributed by atoms with Crippen molar-refractivity contribution >= 4 is 11.8 Å². The minimum atomic E-state index is -0.570. The molecule has 6 heteroatoms. The molecular weight excluding hydrogens is 246 g/mol. The predicted octanol–water partition coefficient (Wildman–Crippen LogP) is -0.277. The first-order valence-electron chi connectivity index (χ1n) is 6.90. The average Bonchev–Trinajstić information content (AvgIpc) is 2.42. The molecule has 1 aliphatic heterocycles. The van der Waals surface area contributed by atoms with Gasteiger partial charge in [-0.3, -0.25) is 9.59 Å². The summed E-state index contributed by atoms with van der Waals surface area (Å²) in [6.07, 6.45) is 0.860. The van der Waals surface area contributed by atoms with Crippen molar-refractivity contribution in [3.8, 4) is 0 Å². The third-order valence-corrected chi connectivity index (χ3v) is 3.27. The van der Waals surface area contributed by atoms with Crippen molar-refractivity contribution in [2.75, 3.05) is 26.3 Å². The van der Waals surface area contributed by atoms with Crippen LogP contribution in [0, 0.1) is 5.92 Å². The van der Waals surface area contributed by atoms with E-state index < -0.39 is 12.1 Å². The molecule has 2 atom stereocenters. The lowest BCUT2D eigenvalue weighted by Gasteiger charge is -2.36. The van der Waals surface area contributed by atoms with Crippen LogP contribution in [0.5, 0.6) is 0 Å². The van der Waals surface area contributed by atoms with Gasteiger partial charge >= 0.3 is 0 Å². The monoisotopic (exact) mass is 271 g/mol. The summed E-state index contributed by atoms with van der Waals surface area (Å²) in [6, 6.07) is -1.13. The Morgan fingerprint density at radius 3 is 2.74 bits per heavy atom. The zero-order valence-electron chi connectivity index (χ0n) is 12.0. The van der Waals surface area contributed by atoms with Crippen LogP contribution in [0.4, 0.5) is 0 Å². The predicted molar refractivity (Wildman–Crippen MR) is 72.4 cm³/mol. The third kappa shape index (κ3) is 4.18. The molecule has 2 amide bonds. The Bertz CT molecular complexity index is 320. The van der Waals surface area contributed by atoms with Crippen molar-refractivity contribution in [1.82, 2.24) is 10.2 Å². The van der Waals surface area contributed by atoms with E-state index in [-0.39, 0.29) is 24.3 Å². The fourth-order valence-electron chi connectivity index (χ4n) is 1.93. The van der Waals surface area contributed by atoms with Crippen LogP contribution in [0.2, 0.25) is 0 Å². The van der Waals surface area contributed by atoms with Crippen LogP contribution in [0.1, 0.15) is 27.2 Å². The van der Waals surface area contributed by atoms with Crippen LogP contribution in [-0.4, -0.2) is 55.1 Å². The van der Waals surface area contributed by atoms with Gasteiger partial charge in [0.1, 0.15) is 6.04 Å². The van der Waals surface area contributed by atoms with Gasteiger partial charge in [0.15, 0.2) is 0 Å². The summed E-state index contributed by atoms with van der Waals surface area (Å²) in [4.78, 5) is 25.9. The molecular formula is C13H25N3O3. The summed E-state index contributed by atoms with van der Waals surface area (Å²) >= 11 is 0. The maximum Gasteiger partial charge on any atom is 0.245 e. The topological polar surface area (TPSA) is 84.7 Å². The van der Waals surface area contributed by atoms with Gasteiger partial charge in [0.2, 0.25) is 11.8 Å². The molecule has 0 saturated carbocycles. The van der Waals surface area contributed by atoms with Gasteiger partial charge in [-0.1, -0.05) is 20.8 Å². The van der Waals surface area contributed by atoms with Crippen LogP contribution in [0.25, 0.3) is 0 Å². The first-order chi connectivity index (χ1) is 8.99.